The second kappa shape index (κ2) is 9.78. The van der Waals surface area contributed by atoms with E-state index in [1.165, 1.54) is 13.8 Å². The Morgan fingerprint density at radius 2 is 0.966 bits per heavy atom. The predicted molar refractivity (Wildman–Crippen MR) is 113 cm³/mol. The predicted octanol–water partition coefficient (Wildman–Crippen LogP) is 3.68. The van der Waals surface area contributed by atoms with Crippen LogP contribution >= 0.6 is 0 Å². The summed E-state index contributed by atoms with van der Waals surface area (Å²) in [5.41, 5.74) is 3.18. The highest BCUT2D eigenvalue weighted by atomic mass is 16.2. The minimum atomic E-state index is -1.10. The summed E-state index contributed by atoms with van der Waals surface area (Å²) in [6.07, 6.45) is -0.180. The molecule has 2 aromatic rings. The van der Waals surface area contributed by atoms with Crippen LogP contribution in [-0.2, 0) is 19.2 Å². The van der Waals surface area contributed by atoms with E-state index in [4.69, 9.17) is 0 Å². The van der Waals surface area contributed by atoms with Gasteiger partial charge in [0.05, 0.1) is 11.8 Å². The first-order valence-corrected chi connectivity index (χ1v) is 9.43. The molecule has 2 rings (SSSR count). The fourth-order valence-electron chi connectivity index (χ4n) is 2.88. The van der Waals surface area contributed by atoms with Crippen LogP contribution in [0.4, 0.5) is 11.4 Å². The number of ketones is 2. The normalized spacial score (nSPS) is 12.6. The highest BCUT2D eigenvalue weighted by Gasteiger charge is 2.33. The number of amides is 2. The molecule has 2 N–H and O–H groups in total. The number of aryl methyl sites for hydroxylation is 2. The SMILES string of the molecule is CC(=O)C(CC(C(C)=O)C(=O)Nc1ccc(C)cc1)C(=O)Nc1ccc(C)cc1. The summed E-state index contributed by atoms with van der Waals surface area (Å²) < 4.78 is 0. The van der Waals surface area contributed by atoms with Crippen LogP contribution in [0.2, 0.25) is 0 Å². The molecule has 6 heteroatoms. The van der Waals surface area contributed by atoms with E-state index in [0.717, 1.165) is 11.1 Å². The zero-order chi connectivity index (χ0) is 21.6. The van der Waals surface area contributed by atoms with Gasteiger partial charge in [-0.2, -0.15) is 0 Å². The van der Waals surface area contributed by atoms with Crippen LogP contribution in [-0.4, -0.2) is 23.4 Å². The van der Waals surface area contributed by atoms with Gasteiger partial charge >= 0.3 is 0 Å². The molecule has 0 saturated carbocycles. The molecule has 0 fully saturated rings. The number of carbonyl (C=O) groups excluding carboxylic acids is 4. The third-order valence-corrected chi connectivity index (χ3v) is 4.72. The van der Waals surface area contributed by atoms with Crippen molar-refractivity contribution in [2.45, 2.75) is 34.1 Å². The maximum absolute atomic E-state index is 12.6. The number of carbonyl (C=O) groups is 4. The summed E-state index contributed by atoms with van der Waals surface area (Å²) in [7, 11) is 0. The van der Waals surface area contributed by atoms with Gasteiger partial charge in [0.15, 0.2) is 0 Å². The number of hydrogen-bond acceptors (Lipinski definition) is 4. The Kier molecular flexibility index (Phi) is 7.42. The Hall–Kier alpha value is -3.28. The van der Waals surface area contributed by atoms with Gasteiger partial charge in [0, 0.05) is 11.4 Å². The van der Waals surface area contributed by atoms with Gasteiger partial charge in [-0.25, -0.2) is 0 Å². The first kappa shape index (κ1) is 22.0. The second-order valence-electron chi connectivity index (χ2n) is 7.27. The lowest BCUT2D eigenvalue weighted by molar-refractivity contribution is -0.133. The standard InChI is InChI=1S/C23H26N2O4/c1-14-5-9-18(10-6-14)24-22(28)20(16(3)26)13-21(17(4)27)23(29)25-19-11-7-15(2)8-12-19/h5-12,20-21H,13H2,1-4H3,(H,24,28)(H,25,29). The Labute approximate surface area is 170 Å². The van der Waals surface area contributed by atoms with E-state index < -0.39 is 35.2 Å². The van der Waals surface area contributed by atoms with Crippen LogP contribution in [0.3, 0.4) is 0 Å². The summed E-state index contributed by atoms with van der Waals surface area (Å²) in [5, 5.41) is 5.37. The average molecular weight is 394 g/mol. The van der Waals surface area contributed by atoms with E-state index in [1.54, 1.807) is 24.3 Å². The third-order valence-electron chi connectivity index (χ3n) is 4.72. The molecule has 0 bridgehead atoms. The van der Waals surface area contributed by atoms with Crippen LogP contribution in [0, 0.1) is 25.7 Å². The molecule has 0 spiro atoms. The Morgan fingerprint density at radius 1 is 0.655 bits per heavy atom. The molecule has 2 unspecified atom stereocenters. The average Bonchev–Trinajstić information content (AvgIpc) is 2.65. The molecule has 29 heavy (non-hydrogen) atoms. The minimum Gasteiger partial charge on any atom is -0.325 e. The number of rotatable bonds is 8. The molecule has 0 aliphatic heterocycles. The Bertz CT molecular complexity index is 826. The summed E-state index contributed by atoms with van der Waals surface area (Å²) >= 11 is 0. The fourth-order valence-corrected chi connectivity index (χ4v) is 2.88. The van der Waals surface area contributed by atoms with Crippen molar-refractivity contribution in [3.63, 3.8) is 0 Å². The van der Waals surface area contributed by atoms with Gasteiger partial charge in [0.2, 0.25) is 11.8 Å². The molecule has 0 aliphatic rings. The number of nitrogens with one attached hydrogen (secondary N) is 2. The van der Waals surface area contributed by atoms with Crippen molar-refractivity contribution in [2.75, 3.05) is 10.6 Å². The van der Waals surface area contributed by atoms with Crippen molar-refractivity contribution < 1.29 is 19.2 Å². The van der Waals surface area contributed by atoms with Crippen LogP contribution in [0.25, 0.3) is 0 Å². The molecule has 0 aromatic heterocycles. The number of hydrogen-bond donors (Lipinski definition) is 2. The maximum Gasteiger partial charge on any atom is 0.234 e. The molecular formula is C23H26N2O4. The van der Waals surface area contributed by atoms with E-state index in [1.807, 2.05) is 38.1 Å². The highest BCUT2D eigenvalue weighted by molar-refractivity contribution is 6.10. The Morgan fingerprint density at radius 3 is 1.24 bits per heavy atom. The largest absolute Gasteiger partial charge is 0.325 e. The van der Waals surface area contributed by atoms with E-state index in [9.17, 15) is 19.2 Å². The van der Waals surface area contributed by atoms with Crippen molar-refractivity contribution in [1.82, 2.24) is 0 Å². The quantitative estimate of drug-likeness (QED) is 0.668. The van der Waals surface area contributed by atoms with Crippen molar-refractivity contribution in [3.05, 3.63) is 59.7 Å². The molecule has 0 radical (unpaired) electrons. The van der Waals surface area contributed by atoms with Crippen molar-refractivity contribution in [2.24, 2.45) is 11.8 Å². The van der Waals surface area contributed by atoms with Gasteiger partial charge < -0.3 is 10.6 Å². The van der Waals surface area contributed by atoms with E-state index in [-0.39, 0.29) is 6.42 Å². The molecular weight excluding hydrogens is 368 g/mol. The van der Waals surface area contributed by atoms with Crippen molar-refractivity contribution >= 4 is 34.8 Å². The lowest BCUT2D eigenvalue weighted by Gasteiger charge is -2.19. The van der Waals surface area contributed by atoms with E-state index in [2.05, 4.69) is 10.6 Å². The number of benzene rings is 2. The van der Waals surface area contributed by atoms with Crippen LogP contribution in [0.15, 0.2) is 48.5 Å². The summed E-state index contributed by atoms with van der Waals surface area (Å²) in [4.78, 5) is 49.5. The van der Waals surface area contributed by atoms with Crippen LogP contribution in [0.5, 0.6) is 0 Å². The van der Waals surface area contributed by atoms with Crippen molar-refractivity contribution in [3.8, 4) is 0 Å². The lowest BCUT2D eigenvalue weighted by Crippen LogP contribution is -2.36. The van der Waals surface area contributed by atoms with Crippen LogP contribution in [0.1, 0.15) is 31.4 Å². The van der Waals surface area contributed by atoms with Gasteiger partial charge in [-0.05, 0) is 58.4 Å². The first-order valence-electron chi connectivity index (χ1n) is 9.43. The molecule has 0 heterocycles. The zero-order valence-electron chi connectivity index (χ0n) is 17.1. The van der Waals surface area contributed by atoms with Crippen molar-refractivity contribution in [1.29, 1.82) is 0 Å². The first-order chi connectivity index (χ1) is 13.7. The summed E-state index contributed by atoms with van der Waals surface area (Å²) in [6.45, 7) is 6.42. The molecule has 2 atom stereocenters. The molecule has 6 nitrogen and oxygen atoms in total. The monoisotopic (exact) mass is 394 g/mol. The fraction of sp³-hybridized carbons (Fsp3) is 0.304. The molecule has 2 amide bonds. The summed E-state index contributed by atoms with van der Waals surface area (Å²) in [6, 6.07) is 14.3. The van der Waals surface area contributed by atoms with Gasteiger partial charge in [0.1, 0.15) is 11.6 Å². The van der Waals surface area contributed by atoms with Gasteiger partial charge in [-0.3, -0.25) is 19.2 Å². The second-order valence-corrected chi connectivity index (χ2v) is 7.27. The van der Waals surface area contributed by atoms with E-state index in [0.29, 0.717) is 11.4 Å². The molecule has 0 saturated heterocycles. The summed E-state index contributed by atoms with van der Waals surface area (Å²) in [5.74, 6) is -4.07. The van der Waals surface area contributed by atoms with Gasteiger partial charge in [0.25, 0.3) is 0 Å². The highest BCUT2D eigenvalue weighted by Crippen LogP contribution is 2.20. The molecule has 2 aromatic carbocycles. The number of anilines is 2. The lowest BCUT2D eigenvalue weighted by atomic mass is 9.88. The van der Waals surface area contributed by atoms with Crippen LogP contribution < -0.4 is 10.6 Å². The van der Waals surface area contributed by atoms with Gasteiger partial charge in [-0.1, -0.05) is 35.4 Å². The smallest absolute Gasteiger partial charge is 0.234 e. The van der Waals surface area contributed by atoms with Gasteiger partial charge in [-0.15, -0.1) is 0 Å². The molecule has 152 valence electrons. The van der Waals surface area contributed by atoms with E-state index >= 15 is 0 Å². The Balaban J connectivity index is 2.13. The zero-order valence-corrected chi connectivity index (χ0v) is 17.1. The molecule has 0 aliphatic carbocycles. The minimum absolute atomic E-state index is 0.180. The maximum atomic E-state index is 12.6. The third kappa shape index (κ3) is 6.38. The number of Topliss-reactive ketones (excluding diaryl/α,β-unsaturated/α-hetero) is 2. The topological polar surface area (TPSA) is 92.3 Å².